The second-order valence-electron chi connectivity index (χ2n) is 6.11. The van der Waals surface area contributed by atoms with E-state index in [1.807, 2.05) is 12.1 Å². The van der Waals surface area contributed by atoms with Crippen LogP contribution in [0.15, 0.2) is 42.5 Å². The molecule has 2 aromatic carbocycles. The number of phenolic OH excluding ortho intramolecular Hbond substituents is 2. The number of carbonyl (C=O) groups excluding carboxylic acids is 1. The Bertz CT molecular complexity index is 720. The van der Waals surface area contributed by atoms with Gasteiger partial charge in [-0.15, -0.1) is 0 Å². The van der Waals surface area contributed by atoms with Crippen molar-refractivity contribution >= 4 is 5.78 Å². The lowest BCUT2D eigenvalue weighted by molar-refractivity contribution is -0.170. The molecular formula is C19H20O6. The van der Waals surface area contributed by atoms with Crippen molar-refractivity contribution in [2.75, 3.05) is 6.61 Å². The quantitative estimate of drug-likeness (QED) is 0.767. The number of aryl methyl sites for hydroxylation is 2. The number of aliphatic hydroxyl groups is 1. The molecule has 6 nitrogen and oxygen atoms in total. The zero-order valence-corrected chi connectivity index (χ0v) is 13.6. The third-order valence-corrected chi connectivity index (χ3v) is 3.97. The Morgan fingerprint density at radius 2 is 1.64 bits per heavy atom. The maximum Gasteiger partial charge on any atom is 0.260 e. The number of rotatable bonds is 5. The lowest BCUT2D eigenvalue weighted by atomic mass is 10.0. The summed E-state index contributed by atoms with van der Waals surface area (Å²) in [5, 5.41) is 28.3. The number of aliphatic hydroxyl groups excluding tert-OH is 1. The minimum Gasteiger partial charge on any atom is -0.508 e. The van der Waals surface area contributed by atoms with E-state index in [1.165, 1.54) is 6.07 Å². The molecule has 3 N–H and O–H groups in total. The molecule has 2 atom stereocenters. The number of hydrogen-bond donors (Lipinski definition) is 3. The zero-order valence-electron chi connectivity index (χ0n) is 13.6. The summed E-state index contributed by atoms with van der Waals surface area (Å²) < 4.78 is 10.7. The molecular weight excluding hydrogens is 324 g/mol. The van der Waals surface area contributed by atoms with Crippen molar-refractivity contribution in [2.24, 2.45) is 0 Å². The van der Waals surface area contributed by atoms with Gasteiger partial charge in [-0.3, -0.25) is 4.79 Å². The van der Waals surface area contributed by atoms with Crippen molar-refractivity contribution < 1.29 is 29.6 Å². The van der Waals surface area contributed by atoms with Crippen molar-refractivity contribution in [3.8, 4) is 17.2 Å². The highest BCUT2D eigenvalue weighted by atomic mass is 16.7. The van der Waals surface area contributed by atoms with Gasteiger partial charge in [0, 0.05) is 12.5 Å². The standard InChI is InChI=1S/C19H20O6/c20-14-7-13(8-15(21)9-14)2-1-12-3-5-17(6-4-12)25-19-18(23)10-16(22)11-24-19/h3-9,16,19-22H,1-2,10-11H2/t16?,19-/m1/s1. The molecule has 6 heteroatoms. The molecule has 1 aliphatic heterocycles. The van der Waals surface area contributed by atoms with Crippen molar-refractivity contribution in [2.45, 2.75) is 31.7 Å². The van der Waals surface area contributed by atoms with Crippen LogP contribution in [0.1, 0.15) is 17.5 Å². The highest BCUT2D eigenvalue weighted by molar-refractivity contribution is 5.83. The zero-order chi connectivity index (χ0) is 17.8. The lowest BCUT2D eigenvalue weighted by Crippen LogP contribution is -2.41. The fourth-order valence-corrected chi connectivity index (χ4v) is 2.73. The molecule has 0 radical (unpaired) electrons. The van der Waals surface area contributed by atoms with Gasteiger partial charge in [0.1, 0.15) is 17.2 Å². The Morgan fingerprint density at radius 1 is 1.00 bits per heavy atom. The summed E-state index contributed by atoms with van der Waals surface area (Å²) >= 11 is 0. The first kappa shape index (κ1) is 17.3. The SMILES string of the molecule is O=C1CC(O)CO[C@@H]1Oc1ccc(CCc2cc(O)cc(O)c2)cc1. The normalized spacial score (nSPS) is 20.4. The van der Waals surface area contributed by atoms with Crippen LogP contribution < -0.4 is 4.74 Å². The van der Waals surface area contributed by atoms with E-state index in [0.717, 1.165) is 17.5 Å². The van der Waals surface area contributed by atoms with Crippen molar-refractivity contribution in [3.63, 3.8) is 0 Å². The topological polar surface area (TPSA) is 96.2 Å². The van der Waals surface area contributed by atoms with Gasteiger partial charge in [0.25, 0.3) is 6.29 Å². The molecule has 1 heterocycles. The van der Waals surface area contributed by atoms with Crippen LogP contribution in [-0.2, 0) is 22.4 Å². The molecule has 0 amide bonds. The van der Waals surface area contributed by atoms with Gasteiger partial charge in [-0.05, 0) is 48.2 Å². The Balaban J connectivity index is 1.56. The Kier molecular flexibility index (Phi) is 5.21. The number of ether oxygens (including phenoxy) is 2. The Labute approximate surface area is 145 Å². The highest BCUT2D eigenvalue weighted by Gasteiger charge is 2.29. The molecule has 132 valence electrons. The fourth-order valence-electron chi connectivity index (χ4n) is 2.73. The number of benzene rings is 2. The van der Waals surface area contributed by atoms with Crippen LogP contribution in [0.2, 0.25) is 0 Å². The summed E-state index contributed by atoms with van der Waals surface area (Å²) in [5.74, 6) is 0.335. The summed E-state index contributed by atoms with van der Waals surface area (Å²) in [6.45, 7) is 0.0885. The van der Waals surface area contributed by atoms with Crippen LogP contribution in [0.25, 0.3) is 0 Å². The number of hydrogen-bond acceptors (Lipinski definition) is 6. The fraction of sp³-hybridized carbons (Fsp3) is 0.316. The molecule has 0 aromatic heterocycles. The maximum absolute atomic E-state index is 11.7. The maximum atomic E-state index is 11.7. The molecule has 1 fully saturated rings. The van der Waals surface area contributed by atoms with Gasteiger partial charge in [0.2, 0.25) is 5.78 Å². The Hall–Kier alpha value is -2.57. The largest absolute Gasteiger partial charge is 0.508 e. The predicted octanol–water partition coefficient (Wildman–Crippen LogP) is 1.94. The predicted molar refractivity (Wildman–Crippen MR) is 89.6 cm³/mol. The lowest BCUT2D eigenvalue weighted by Gasteiger charge is -2.25. The number of carbonyl (C=O) groups is 1. The minimum atomic E-state index is -0.968. The van der Waals surface area contributed by atoms with Crippen molar-refractivity contribution in [1.29, 1.82) is 0 Å². The minimum absolute atomic E-state index is 0.0412. The highest BCUT2D eigenvalue weighted by Crippen LogP contribution is 2.22. The molecule has 0 saturated carbocycles. The summed E-state index contributed by atoms with van der Waals surface area (Å²) in [6, 6.07) is 11.8. The monoisotopic (exact) mass is 344 g/mol. The van der Waals surface area contributed by atoms with Gasteiger partial charge in [-0.25, -0.2) is 0 Å². The van der Waals surface area contributed by atoms with Gasteiger partial charge in [-0.1, -0.05) is 12.1 Å². The molecule has 2 aromatic rings. The second kappa shape index (κ2) is 7.55. The Morgan fingerprint density at radius 3 is 2.28 bits per heavy atom. The van der Waals surface area contributed by atoms with Crippen LogP contribution >= 0.6 is 0 Å². The van der Waals surface area contributed by atoms with Gasteiger partial charge in [-0.2, -0.15) is 0 Å². The van der Waals surface area contributed by atoms with Crippen LogP contribution in [0.5, 0.6) is 17.2 Å². The number of Topliss-reactive ketones (excluding diaryl/α,β-unsaturated/α-hetero) is 1. The van der Waals surface area contributed by atoms with E-state index in [-0.39, 0.29) is 30.3 Å². The number of ketones is 1. The van der Waals surface area contributed by atoms with E-state index in [2.05, 4.69) is 0 Å². The summed E-state index contributed by atoms with van der Waals surface area (Å²) in [4.78, 5) is 11.7. The first-order valence-corrected chi connectivity index (χ1v) is 8.09. The van der Waals surface area contributed by atoms with E-state index in [1.54, 1.807) is 24.3 Å². The van der Waals surface area contributed by atoms with Crippen LogP contribution in [-0.4, -0.2) is 40.1 Å². The van der Waals surface area contributed by atoms with Crippen molar-refractivity contribution in [1.82, 2.24) is 0 Å². The number of phenols is 2. The van der Waals surface area contributed by atoms with Gasteiger partial charge in [0.05, 0.1) is 12.7 Å². The van der Waals surface area contributed by atoms with Crippen LogP contribution in [0, 0.1) is 0 Å². The summed E-state index contributed by atoms with van der Waals surface area (Å²) in [6.07, 6.45) is -0.283. The van der Waals surface area contributed by atoms with E-state index in [4.69, 9.17) is 9.47 Å². The molecule has 3 rings (SSSR count). The van der Waals surface area contributed by atoms with E-state index < -0.39 is 12.4 Å². The number of aromatic hydroxyl groups is 2. The first-order valence-electron chi connectivity index (χ1n) is 8.09. The van der Waals surface area contributed by atoms with Crippen molar-refractivity contribution in [3.05, 3.63) is 53.6 Å². The van der Waals surface area contributed by atoms with Gasteiger partial charge >= 0.3 is 0 Å². The molecule has 1 saturated heterocycles. The second-order valence-corrected chi connectivity index (χ2v) is 6.11. The van der Waals surface area contributed by atoms with E-state index >= 15 is 0 Å². The van der Waals surface area contributed by atoms with E-state index in [0.29, 0.717) is 12.2 Å². The molecule has 1 unspecified atom stereocenters. The molecule has 0 aliphatic carbocycles. The third-order valence-electron chi connectivity index (χ3n) is 3.97. The van der Waals surface area contributed by atoms with E-state index in [9.17, 15) is 20.1 Å². The average Bonchev–Trinajstić information content (AvgIpc) is 2.56. The summed E-state index contributed by atoms with van der Waals surface area (Å²) in [5.41, 5.74) is 1.90. The average molecular weight is 344 g/mol. The first-order chi connectivity index (χ1) is 12.0. The molecule has 1 aliphatic rings. The smallest absolute Gasteiger partial charge is 0.260 e. The van der Waals surface area contributed by atoms with Gasteiger partial charge < -0.3 is 24.8 Å². The molecule has 0 bridgehead atoms. The van der Waals surface area contributed by atoms with Crippen LogP contribution in [0.3, 0.4) is 0 Å². The van der Waals surface area contributed by atoms with Gasteiger partial charge in [0.15, 0.2) is 0 Å². The summed E-state index contributed by atoms with van der Waals surface area (Å²) in [7, 11) is 0. The van der Waals surface area contributed by atoms with Crippen LogP contribution in [0.4, 0.5) is 0 Å². The third kappa shape index (κ3) is 4.71. The molecule has 0 spiro atoms. The molecule has 25 heavy (non-hydrogen) atoms.